The van der Waals surface area contributed by atoms with E-state index in [1.54, 1.807) is 18.2 Å². The molecule has 0 aliphatic heterocycles. The number of para-hydroxylation sites is 2. The van der Waals surface area contributed by atoms with Crippen molar-refractivity contribution in [1.29, 1.82) is 0 Å². The molecule has 0 spiro atoms. The van der Waals surface area contributed by atoms with Crippen LogP contribution in [-0.2, 0) is 9.59 Å². The van der Waals surface area contributed by atoms with E-state index in [9.17, 15) is 9.59 Å². The molecule has 7 heteroatoms. The van der Waals surface area contributed by atoms with E-state index in [0.717, 1.165) is 0 Å². The number of nitrogens with one attached hydrogen (secondary N) is 2. The summed E-state index contributed by atoms with van der Waals surface area (Å²) in [5, 5.41) is 5.10. The summed E-state index contributed by atoms with van der Waals surface area (Å²) in [7, 11) is 0. The fourth-order valence-electron chi connectivity index (χ4n) is 1.40. The molecule has 0 aromatic heterocycles. The summed E-state index contributed by atoms with van der Waals surface area (Å²) in [5.41, 5.74) is 5.72. The lowest BCUT2D eigenvalue weighted by atomic mass is 10.2. The number of ether oxygens (including phenoxy) is 1. The Morgan fingerprint density at radius 3 is 2.52 bits per heavy atom. The van der Waals surface area contributed by atoms with E-state index < -0.39 is 0 Å². The fourth-order valence-corrected chi connectivity index (χ4v) is 1.40. The molecule has 0 saturated carbocycles. The number of hydrogen-bond donors (Lipinski definition) is 3. The third-order valence-corrected chi connectivity index (χ3v) is 2.36. The lowest BCUT2D eigenvalue weighted by molar-refractivity contribution is -0.123. The molecule has 118 valence electrons. The Hall–Kier alpha value is -1.79. The summed E-state index contributed by atoms with van der Waals surface area (Å²) in [6.45, 7) is 4.40. The highest BCUT2D eigenvalue weighted by atomic mass is 35.5. The van der Waals surface area contributed by atoms with Gasteiger partial charge in [0.2, 0.25) is 11.8 Å². The quantitative estimate of drug-likeness (QED) is 0.704. The van der Waals surface area contributed by atoms with Gasteiger partial charge < -0.3 is 21.1 Å². The molecule has 1 rings (SSSR count). The van der Waals surface area contributed by atoms with Crippen LogP contribution in [0.5, 0.6) is 5.75 Å². The van der Waals surface area contributed by atoms with Gasteiger partial charge in [0.05, 0.1) is 25.4 Å². The summed E-state index contributed by atoms with van der Waals surface area (Å²) in [6, 6.07) is 7.17. The molecule has 4 N–H and O–H groups in total. The summed E-state index contributed by atoms with van der Waals surface area (Å²) in [6.07, 6.45) is 0. The van der Waals surface area contributed by atoms with Crippen LogP contribution in [0.1, 0.15) is 13.8 Å². The van der Waals surface area contributed by atoms with Crippen LogP contribution in [-0.4, -0.2) is 31.5 Å². The molecule has 0 atom stereocenters. The minimum Gasteiger partial charge on any atom is -0.491 e. The zero-order chi connectivity index (χ0) is 15.0. The first-order valence-electron chi connectivity index (χ1n) is 6.51. The topological polar surface area (TPSA) is 93.5 Å². The summed E-state index contributed by atoms with van der Waals surface area (Å²) in [5.74, 6) is 0.305. The van der Waals surface area contributed by atoms with Gasteiger partial charge in [-0.25, -0.2) is 0 Å². The molecule has 1 aromatic carbocycles. The SMILES string of the molecule is CC(C)COc1ccccc1NC(=O)CNC(=O)CN.Cl. The van der Waals surface area contributed by atoms with Crippen molar-refractivity contribution in [3.8, 4) is 5.75 Å². The van der Waals surface area contributed by atoms with Gasteiger partial charge in [0.1, 0.15) is 5.75 Å². The van der Waals surface area contributed by atoms with Gasteiger partial charge in [-0.3, -0.25) is 9.59 Å². The van der Waals surface area contributed by atoms with Gasteiger partial charge in [-0.1, -0.05) is 26.0 Å². The monoisotopic (exact) mass is 315 g/mol. The van der Waals surface area contributed by atoms with Crippen molar-refractivity contribution in [2.75, 3.05) is 25.0 Å². The summed E-state index contributed by atoms with van der Waals surface area (Å²) < 4.78 is 5.62. The van der Waals surface area contributed by atoms with Crippen LogP contribution < -0.4 is 21.1 Å². The van der Waals surface area contributed by atoms with Crippen LogP contribution in [0.15, 0.2) is 24.3 Å². The first-order chi connectivity index (χ1) is 9.52. The van der Waals surface area contributed by atoms with E-state index in [1.165, 1.54) is 0 Å². The van der Waals surface area contributed by atoms with Crippen molar-refractivity contribution in [2.24, 2.45) is 11.7 Å². The lowest BCUT2D eigenvalue weighted by Crippen LogP contribution is -2.36. The maximum Gasteiger partial charge on any atom is 0.243 e. The molecular formula is C14H22ClN3O3. The molecule has 0 radical (unpaired) electrons. The molecule has 0 aliphatic rings. The van der Waals surface area contributed by atoms with Gasteiger partial charge >= 0.3 is 0 Å². The van der Waals surface area contributed by atoms with Crippen LogP contribution in [0.2, 0.25) is 0 Å². The summed E-state index contributed by atoms with van der Waals surface area (Å²) in [4.78, 5) is 22.7. The minimum absolute atomic E-state index is 0. The fraction of sp³-hybridized carbons (Fsp3) is 0.429. The highest BCUT2D eigenvalue weighted by Gasteiger charge is 2.09. The highest BCUT2D eigenvalue weighted by Crippen LogP contribution is 2.24. The van der Waals surface area contributed by atoms with E-state index in [4.69, 9.17) is 10.5 Å². The number of benzene rings is 1. The summed E-state index contributed by atoms with van der Waals surface area (Å²) >= 11 is 0. The van der Waals surface area contributed by atoms with E-state index >= 15 is 0 Å². The molecular weight excluding hydrogens is 294 g/mol. The lowest BCUT2D eigenvalue weighted by Gasteiger charge is -2.14. The third kappa shape index (κ3) is 7.53. The van der Waals surface area contributed by atoms with E-state index in [2.05, 4.69) is 10.6 Å². The zero-order valence-electron chi connectivity index (χ0n) is 12.2. The number of halogens is 1. The van der Waals surface area contributed by atoms with Crippen molar-refractivity contribution >= 4 is 29.9 Å². The number of carbonyl (C=O) groups is 2. The zero-order valence-corrected chi connectivity index (χ0v) is 13.0. The van der Waals surface area contributed by atoms with E-state index in [0.29, 0.717) is 24.0 Å². The van der Waals surface area contributed by atoms with Crippen LogP contribution >= 0.6 is 12.4 Å². The second kappa shape index (κ2) is 10.0. The van der Waals surface area contributed by atoms with E-state index in [1.807, 2.05) is 19.9 Å². The number of amides is 2. The second-order valence-electron chi connectivity index (χ2n) is 4.73. The molecule has 21 heavy (non-hydrogen) atoms. The molecule has 0 saturated heterocycles. The predicted molar refractivity (Wildman–Crippen MR) is 84.7 cm³/mol. The molecule has 1 aromatic rings. The number of hydrogen-bond acceptors (Lipinski definition) is 4. The standard InChI is InChI=1S/C14H21N3O3.ClH/c1-10(2)9-20-12-6-4-3-5-11(12)17-14(19)8-16-13(18)7-15;/h3-6,10H,7-9,15H2,1-2H3,(H,16,18)(H,17,19);1H. The average Bonchev–Trinajstić information content (AvgIpc) is 2.43. The Bertz CT molecular complexity index is 467. The van der Waals surface area contributed by atoms with Crippen LogP contribution in [0.25, 0.3) is 0 Å². The molecule has 0 aliphatic carbocycles. The smallest absolute Gasteiger partial charge is 0.243 e. The Morgan fingerprint density at radius 1 is 1.24 bits per heavy atom. The third-order valence-electron chi connectivity index (χ3n) is 2.36. The van der Waals surface area contributed by atoms with Crippen molar-refractivity contribution in [1.82, 2.24) is 5.32 Å². The number of nitrogens with two attached hydrogens (primary N) is 1. The molecule has 6 nitrogen and oxygen atoms in total. The Morgan fingerprint density at radius 2 is 1.90 bits per heavy atom. The number of rotatable bonds is 7. The van der Waals surface area contributed by atoms with E-state index in [-0.39, 0.29) is 37.3 Å². The molecule has 0 heterocycles. The highest BCUT2D eigenvalue weighted by molar-refractivity contribution is 5.95. The predicted octanol–water partition coefficient (Wildman–Crippen LogP) is 1.16. The van der Waals surface area contributed by atoms with Crippen LogP contribution in [0, 0.1) is 5.92 Å². The minimum atomic E-state index is -0.371. The van der Waals surface area contributed by atoms with Crippen LogP contribution in [0.3, 0.4) is 0 Å². The normalized spacial score (nSPS) is 9.71. The van der Waals surface area contributed by atoms with Crippen LogP contribution in [0.4, 0.5) is 5.69 Å². The van der Waals surface area contributed by atoms with Crippen molar-refractivity contribution in [2.45, 2.75) is 13.8 Å². The largest absolute Gasteiger partial charge is 0.491 e. The van der Waals surface area contributed by atoms with Gasteiger partial charge in [-0.05, 0) is 18.1 Å². The van der Waals surface area contributed by atoms with Gasteiger partial charge in [0, 0.05) is 0 Å². The second-order valence-corrected chi connectivity index (χ2v) is 4.73. The Kier molecular flexibility index (Phi) is 9.16. The number of anilines is 1. The molecule has 0 unspecified atom stereocenters. The molecule has 2 amide bonds. The first kappa shape index (κ1) is 19.2. The van der Waals surface area contributed by atoms with Gasteiger partial charge in [0.25, 0.3) is 0 Å². The molecule has 0 fully saturated rings. The van der Waals surface area contributed by atoms with Gasteiger partial charge in [-0.15, -0.1) is 12.4 Å². The van der Waals surface area contributed by atoms with Gasteiger partial charge in [-0.2, -0.15) is 0 Å². The van der Waals surface area contributed by atoms with Crippen molar-refractivity contribution in [3.05, 3.63) is 24.3 Å². The Balaban J connectivity index is 0.00000400. The maximum absolute atomic E-state index is 11.7. The first-order valence-corrected chi connectivity index (χ1v) is 6.51. The Labute approximate surface area is 130 Å². The average molecular weight is 316 g/mol. The maximum atomic E-state index is 11.7. The van der Waals surface area contributed by atoms with Gasteiger partial charge in [0.15, 0.2) is 0 Å². The molecule has 0 bridgehead atoms. The van der Waals surface area contributed by atoms with Crippen molar-refractivity contribution in [3.63, 3.8) is 0 Å². The van der Waals surface area contributed by atoms with Crippen molar-refractivity contribution < 1.29 is 14.3 Å². The number of carbonyl (C=O) groups excluding carboxylic acids is 2.